The third-order valence-corrected chi connectivity index (χ3v) is 2.94. The summed E-state index contributed by atoms with van der Waals surface area (Å²) in [5.74, 6) is 0.797. The van der Waals surface area contributed by atoms with Crippen molar-refractivity contribution >= 4 is 15.9 Å². The highest BCUT2D eigenvalue weighted by atomic mass is 79.9. The van der Waals surface area contributed by atoms with Crippen LogP contribution in [0, 0.1) is 18.3 Å². The van der Waals surface area contributed by atoms with Gasteiger partial charge in [0.05, 0.1) is 19.6 Å². The van der Waals surface area contributed by atoms with Crippen LogP contribution in [0.15, 0.2) is 16.6 Å². The fourth-order valence-corrected chi connectivity index (χ4v) is 1.51. The van der Waals surface area contributed by atoms with Crippen molar-refractivity contribution in [2.75, 3.05) is 7.11 Å². The van der Waals surface area contributed by atoms with Gasteiger partial charge in [0, 0.05) is 4.47 Å². The Hall–Kier alpha value is -1.01. The zero-order valence-corrected chi connectivity index (χ0v) is 9.18. The standard InChI is InChI=1S/C10H10BrNO/c1-7-5-9(13-2)6-8(3-4-12)10(7)11/h5-6H,3H2,1-2H3. The molecule has 0 spiro atoms. The van der Waals surface area contributed by atoms with Crippen LogP contribution in [0.4, 0.5) is 0 Å². The summed E-state index contributed by atoms with van der Waals surface area (Å²) in [7, 11) is 1.62. The van der Waals surface area contributed by atoms with Crippen LogP contribution in [0.25, 0.3) is 0 Å². The fourth-order valence-electron chi connectivity index (χ4n) is 1.14. The predicted molar refractivity (Wildman–Crippen MR) is 54.7 cm³/mol. The van der Waals surface area contributed by atoms with Crippen LogP contribution in [0.1, 0.15) is 11.1 Å². The third-order valence-electron chi connectivity index (χ3n) is 1.81. The van der Waals surface area contributed by atoms with Gasteiger partial charge in [-0.1, -0.05) is 15.9 Å². The van der Waals surface area contributed by atoms with Gasteiger partial charge < -0.3 is 4.74 Å². The van der Waals surface area contributed by atoms with Crippen molar-refractivity contribution in [3.05, 3.63) is 27.7 Å². The molecule has 2 nitrogen and oxygen atoms in total. The van der Waals surface area contributed by atoms with E-state index in [0.717, 1.165) is 21.3 Å². The largest absolute Gasteiger partial charge is 0.497 e. The topological polar surface area (TPSA) is 33.0 Å². The zero-order valence-electron chi connectivity index (χ0n) is 7.60. The van der Waals surface area contributed by atoms with E-state index in [1.165, 1.54) is 0 Å². The molecule has 0 atom stereocenters. The van der Waals surface area contributed by atoms with Crippen LogP contribution in [0.3, 0.4) is 0 Å². The van der Waals surface area contributed by atoms with E-state index in [0.29, 0.717) is 6.42 Å². The molecule has 0 heterocycles. The predicted octanol–water partition coefficient (Wildman–Crippen LogP) is 2.83. The van der Waals surface area contributed by atoms with E-state index in [1.807, 2.05) is 19.1 Å². The summed E-state index contributed by atoms with van der Waals surface area (Å²) >= 11 is 3.44. The van der Waals surface area contributed by atoms with Gasteiger partial charge in [0.15, 0.2) is 0 Å². The van der Waals surface area contributed by atoms with Crippen LogP contribution in [0.5, 0.6) is 5.75 Å². The maximum Gasteiger partial charge on any atom is 0.119 e. The zero-order chi connectivity index (χ0) is 9.84. The van der Waals surface area contributed by atoms with E-state index in [2.05, 4.69) is 22.0 Å². The molecule has 0 aromatic heterocycles. The number of nitriles is 1. The van der Waals surface area contributed by atoms with Crippen molar-refractivity contribution in [1.82, 2.24) is 0 Å². The maximum absolute atomic E-state index is 8.59. The summed E-state index contributed by atoms with van der Waals surface area (Å²) in [5, 5.41) is 8.59. The molecule has 13 heavy (non-hydrogen) atoms. The molecule has 0 unspecified atom stereocenters. The van der Waals surface area contributed by atoms with Crippen LogP contribution in [0.2, 0.25) is 0 Å². The minimum atomic E-state index is 0.401. The lowest BCUT2D eigenvalue weighted by atomic mass is 10.1. The molecule has 0 N–H and O–H groups in total. The first-order valence-electron chi connectivity index (χ1n) is 3.89. The van der Waals surface area contributed by atoms with Crippen molar-refractivity contribution in [1.29, 1.82) is 5.26 Å². The average molecular weight is 240 g/mol. The Labute approximate surface area is 86.3 Å². The smallest absolute Gasteiger partial charge is 0.119 e. The molecule has 0 aliphatic heterocycles. The fraction of sp³-hybridized carbons (Fsp3) is 0.300. The Morgan fingerprint density at radius 3 is 2.77 bits per heavy atom. The monoisotopic (exact) mass is 239 g/mol. The molecule has 0 aliphatic rings. The minimum Gasteiger partial charge on any atom is -0.497 e. The number of hydrogen-bond donors (Lipinski definition) is 0. The summed E-state index contributed by atoms with van der Waals surface area (Å²) in [6, 6.07) is 5.93. The van der Waals surface area contributed by atoms with Crippen molar-refractivity contribution in [2.45, 2.75) is 13.3 Å². The van der Waals surface area contributed by atoms with Gasteiger partial charge in [-0.15, -0.1) is 0 Å². The number of ether oxygens (including phenoxy) is 1. The normalized spacial score (nSPS) is 9.38. The molecular formula is C10H10BrNO. The number of halogens is 1. The van der Waals surface area contributed by atoms with E-state index in [1.54, 1.807) is 7.11 Å². The highest BCUT2D eigenvalue weighted by molar-refractivity contribution is 9.10. The number of aryl methyl sites for hydroxylation is 1. The summed E-state index contributed by atoms with van der Waals surface area (Å²) in [5.41, 5.74) is 2.06. The second-order valence-corrected chi connectivity index (χ2v) is 3.55. The number of hydrogen-bond acceptors (Lipinski definition) is 2. The molecule has 0 saturated heterocycles. The first-order valence-corrected chi connectivity index (χ1v) is 4.68. The van der Waals surface area contributed by atoms with Gasteiger partial charge in [0.25, 0.3) is 0 Å². The van der Waals surface area contributed by atoms with Crippen molar-refractivity contribution in [3.63, 3.8) is 0 Å². The molecule has 3 heteroatoms. The summed E-state index contributed by atoms with van der Waals surface area (Å²) in [6.45, 7) is 1.98. The molecule has 0 radical (unpaired) electrons. The quantitative estimate of drug-likeness (QED) is 0.796. The Morgan fingerprint density at radius 2 is 2.23 bits per heavy atom. The maximum atomic E-state index is 8.59. The summed E-state index contributed by atoms with van der Waals surface area (Å²) in [6.07, 6.45) is 0.401. The first kappa shape index (κ1) is 10.1. The lowest BCUT2D eigenvalue weighted by Crippen LogP contribution is -1.91. The second-order valence-electron chi connectivity index (χ2n) is 2.75. The van der Waals surface area contributed by atoms with E-state index in [4.69, 9.17) is 10.00 Å². The molecular weight excluding hydrogens is 230 g/mol. The van der Waals surface area contributed by atoms with Crippen LogP contribution in [-0.4, -0.2) is 7.11 Å². The number of nitrogens with zero attached hydrogens (tertiary/aromatic N) is 1. The van der Waals surface area contributed by atoms with Gasteiger partial charge in [0.1, 0.15) is 5.75 Å². The number of methoxy groups -OCH3 is 1. The van der Waals surface area contributed by atoms with Gasteiger partial charge in [-0.3, -0.25) is 0 Å². The molecule has 68 valence electrons. The number of benzene rings is 1. The Balaban J connectivity index is 3.18. The van der Waals surface area contributed by atoms with Crippen LogP contribution < -0.4 is 4.74 Å². The van der Waals surface area contributed by atoms with Crippen LogP contribution in [-0.2, 0) is 6.42 Å². The first-order chi connectivity index (χ1) is 6.19. The SMILES string of the molecule is COc1cc(C)c(Br)c(CC#N)c1. The number of rotatable bonds is 2. The third kappa shape index (κ3) is 2.22. The van der Waals surface area contributed by atoms with Gasteiger partial charge in [-0.2, -0.15) is 5.26 Å². The van der Waals surface area contributed by atoms with E-state index < -0.39 is 0 Å². The summed E-state index contributed by atoms with van der Waals surface area (Å²) in [4.78, 5) is 0. The highest BCUT2D eigenvalue weighted by Crippen LogP contribution is 2.27. The Morgan fingerprint density at radius 1 is 1.54 bits per heavy atom. The lowest BCUT2D eigenvalue weighted by molar-refractivity contribution is 0.414. The lowest BCUT2D eigenvalue weighted by Gasteiger charge is -2.07. The molecule has 1 aromatic carbocycles. The van der Waals surface area contributed by atoms with Crippen molar-refractivity contribution in [2.24, 2.45) is 0 Å². The molecule has 0 fully saturated rings. The van der Waals surface area contributed by atoms with E-state index in [9.17, 15) is 0 Å². The highest BCUT2D eigenvalue weighted by Gasteiger charge is 2.05. The minimum absolute atomic E-state index is 0.401. The van der Waals surface area contributed by atoms with E-state index >= 15 is 0 Å². The van der Waals surface area contributed by atoms with Crippen molar-refractivity contribution in [3.8, 4) is 11.8 Å². The van der Waals surface area contributed by atoms with Gasteiger partial charge in [0.2, 0.25) is 0 Å². The molecule has 0 amide bonds. The molecule has 1 rings (SSSR count). The van der Waals surface area contributed by atoms with Gasteiger partial charge >= 0.3 is 0 Å². The molecule has 0 aliphatic carbocycles. The van der Waals surface area contributed by atoms with Crippen LogP contribution >= 0.6 is 15.9 Å². The molecule has 1 aromatic rings. The Kier molecular flexibility index (Phi) is 3.32. The van der Waals surface area contributed by atoms with E-state index in [-0.39, 0.29) is 0 Å². The van der Waals surface area contributed by atoms with Gasteiger partial charge in [-0.25, -0.2) is 0 Å². The van der Waals surface area contributed by atoms with Crippen molar-refractivity contribution < 1.29 is 4.74 Å². The summed E-state index contributed by atoms with van der Waals surface area (Å²) < 4.78 is 6.10. The Bertz CT molecular complexity index is 355. The second kappa shape index (κ2) is 4.29. The molecule has 0 bridgehead atoms. The molecule has 0 saturated carbocycles. The van der Waals surface area contributed by atoms with Gasteiger partial charge in [-0.05, 0) is 30.2 Å². The average Bonchev–Trinajstić information content (AvgIpc) is 2.13.